The van der Waals surface area contributed by atoms with E-state index in [0.29, 0.717) is 17.3 Å². The first-order chi connectivity index (χ1) is 10.6. The van der Waals surface area contributed by atoms with Gasteiger partial charge in [0.15, 0.2) is 0 Å². The van der Waals surface area contributed by atoms with Crippen LogP contribution in [0.25, 0.3) is 10.8 Å². The Morgan fingerprint density at radius 2 is 2.32 bits per heavy atom. The molecule has 2 aromatic rings. The molecule has 0 aromatic carbocycles. The molecule has 1 aliphatic rings. The van der Waals surface area contributed by atoms with Crippen LogP contribution in [0.15, 0.2) is 21.9 Å². The third kappa shape index (κ3) is 2.90. The molecular formula is C16H17N3O2S. The molecule has 2 aromatic heterocycles. The molecule has 1 aliphatic carbocycles. The monoisotopic (exact) mass is 315 g/mol. The van der Waals surface area contributed by atoms with Crippen molar-refractivity contribution >= 4 is 17.2 Å². The van der Waals surface area contributed by atoms with Gasteiger partial charge in [-0.2, -0.15) is 5.26 Å². The fraction of sp³-hybridized carbons (Fsp3) is 0.438. The van der Waals surface area contributed by atoms with Crippen molar-refractivity contribution < 1.29 is 9.21 Å². The number of carbonyl (C=O) groups is 1. The molecule has 0 spiro atoms. The maximum Gasteiger partial charge on any atom is 0.236 e. The molecule has 2 heterocycles. The van der Waals surface area contributed by atoms with Gasteiger partial charge in [-0.3, -0.25) is 4.79 Å². The Morgan fingerprint density at radius 1 is 1.55 bits per heavy atom. The minimum Gasteiger partial charge on any atom is -0.440 e. The van der Waals surface area contributed by atoms with Crippen molar-refractivity contribution in [2.24, 2.45) is 0 Å². The van der Waals surface area contributed by atoms with Crippen molar-refractivity contribution in [1.29, 1.82) is 5.26 Å². The Bertz CT molecular complexity index is 706. The summed E-state index contributed by atoms with van der Waals surface area (Å²) in [5.41, 5.74) is -0.0577. The summed E-state index contributed by atoms with van der Waals surface area (Å²) in [7, 11) is 0. The number of rotatable bonds is 4. The maximum atomic E-state index is 12.2. The average Bonchev–Trinajstić information content (AvgIpc) is 3.21. The highest BCUT2D eigenvalue weighted by molar-refractivity contribution is 7.13. The largest absolute Gasteiger partial charge is 0.440 e. The molecule has 0 saturated heterocycles. The van der Waals surface area contributed by atoms with Crippen LogP contribution in [0.5, 0.6) is 0 Å². The lowest BCUT2D eigenvalue weighted by atomic mass is 9.99. The highest BCUT2D eigenvalue weighted by atomic mass is 32.1. The van der Waals surface area contributed by atoms with Gasteiger partial charge in [0.25, 0.3) is 0 Å². The number of hydrogen-bond acceptors (Lipinski definition) is 5. The van der Waals surface area contributed by atoms with E-state index in [1.54, 1.807) is 11.3 Å². The van der Waals surface area contributed by atoms with Crippen LogP contribution in [0, 0.1) is 18.3 Å². The smallest absolute Gasteiger partial charge is 0.236 e. The number of nitrogens with one attached hydrogen (secondary N) is 1. The number of carbonyl (C=O) groups excluding carboxylic acids is 1. The van der Waals surface area contributed by atoms with E-state index in [0.717, 1.165) is 30.6 Å². The molecule has 0 radical (unpaired) electrons. The van der Waals surface area contributed by atoms with Crippen LogP contribution in [0.2, 0.25) is 0 Å². The van der Waals surface area contributed by atoms with Gasteiger partial charge in [-0.25, -0.2) is 4.98 Å². The Kier molecular flexibility index (Phi) is 3.99. The summed E-state index contributed by atoms with van der Waals surface area (Å²) >= 11 is 1.55. The summed E-state index contributed by atoms with van der Waals surface area (Å²) in [5.74, 6) is 1.03. The first kappa shape index (κ1) is 14.8. The molecule has 114 valence electrons. The summed E-state index contributed by atoms with van der Waals surface area (Å²) in [6.45, 7) is 1.81. The second-order valence-corrected chi connectivity index (χ2v) is 6.57. The lowest BCUT2D eigenvalue weighted by Gasteiger charge is -2.21. The SMILES string of the molecule is Cc1oc(-c2cccs2)nc1CC(=O)NC1(C#N)CCCC1. The molecule has 1 fully saturated rings. The average molecular weight is 315 g/mol. The van der Waals surface area contributed by atoms with E-state index in [2.05, 4.69) is 16.4 Å². The topological polar surface area (TPSA) is 78.9 Å². The molecule has 1 saturated carbocycles. The first-order valence-corrected chi connectivity index (χ1v) is 8.22. The van der Waals surface area contributed by atoms with Gasteiger partial charge >= 0.3 is 0 Å². The maximum absolute atomic E-state index is 12.2. The lowest BCUT2D eigenvalue weighted by molar-refractivity contribution is -0.121. The number of hydrogen-bond donors (Lipinski definition) is 1. The van der Waals surface area contributed by atoms with Gasteiger partial charge in [-0.1, -0.05) is 6.07 Å². The van der Waals surface area contributed by atoms with E-state index in [1.807, 2.05) is 24.4 Å². The normalized spacial score (nSPS) is 16.4. The summed E-state index contributed by atoms with van der Waals surface area (Å²) in [6, 6.07) is 6.13. The van der Waals surface area contributed by atoms with Crippen LogP contribution >= 0.6 is 11.3 Å². The molecule has 1 amide bonds. The highest BCUT2D eigenvalue weighted by Gasteiger charge is 2.35. The minimum absolute atomic E-state index is 0.143. The Morgan fingerprint density at radius 3 is 2.95 bits per heavy atom. The zero-order valence-electron chi connectivity index (χ0n) is 12.4. The molecule has 6 heteroatoms. The minimum atomic E-state index is -0.689. The number of nitrogens with zero attached hydrogens (tertiary/aromatic N) is 2. The van der Waals surface area contributed by atoms with E-state index in [9.17, 15) is 10.1 Å². The van der Waals surface area contributed by atoms with Gasteiger partial charge < -0.3 is 9.73 Å². The summed E-state index contributed by atoms with van der Waals surface area (Å²) in [5, 5.41) is 14.2. The van der Waals surface area contributed by atoms with Crippen molar-refractivity contribution in [3.05, 3.63) is 29.0 Å². The lowest BCUT2D eigenvalue weighted by Crippen LogP contribution is -2.45. The van der Waals surface area contributed by atoms with Gasteiger partial charge in [0.2, 0.25) is 11.8 Å². The first-order valence-electron chi connectivity index (χ1n) is 7.34. The van der Waals surface area contributed by atoms with Crippen LogP contribution in [0.1, 0.15) is 37.1 Å². The summed E-state index contributed by atoms with van der Waals surface area (Å²) in [4.78, 5) is 17.6. The number of amides is 1. The predicted molar refractivity (Wildman–Crippen MR) is 83.2 cm³/mol. The Hall–Kier alpha value is -2.13. The number of nitriles is 1. The van der Waals surface area contributed by atoms with Crippen molar-refractivity contribution in [3.63, 3.8) is 0 Å². The summed E-state index contributed by atoms with van der Waals surface area (Å²) in [6.07, 6.45) is 3.57. The van der Waals surface area contributed by atoms with Crippen LogP contribution in [-0.4, -0.2) is 16.4 Å². The summed E-state index contributed by atoms with van der Waals surface area (Å²) < 4.78 is 5.64. The van der Waals surface area contributed by atoms with E-state index in [4.69, 9.17) is 4.42 Å². The van der Waals surface area contributed by atoms with Gasteiger partial charge in [0.05, 0.1) is 23.1 Å². The molecule has 1 N–H and O–H groups in total. The van der Waals surface area contributed by atoms with E-state index < -0.39 is 5.54 Å². The van der Waals surface area contributed by atoms with Crippen molar-refractivity contribution in [2.45, 2.75) is 44.6 Å². The predicted octanol–water partition coefficient (Wildman–Crippen LogP) is 3.21. The number of oxazole rings is 1. The zero-order chi connectivity index (χ0) is 15.6. The van der Waals surface area contributed by atoms with Crippen LogP contribution in [-0.2, 0) is 11.2 Å². The van der Waals surface area contributed by atoms with Crippen LogP contribution in [0.4, 0.5) is 0 Å². The van der Waals surface area contributed by atoms with E-state index in [-0.39, 0.29) is 12.3 Å². The Balaban J connectivity index is 1.71. The third-order valence-corrected chi connectivity index (χ3v) is 4.86. The molecule has 0 unspecified atom stereocenters. The molecule has 3 rings (SSSR count). The molecule has 0 bridgehead atoms. The van der Waals surface area contributed by atoms with Gasteiger partial charge in [0, 0.05) is 0 Å². The van der Waals surface area contributed by atoms with Gasteiger partial charge in [-0.05, 0) is 44.1 Å². The second-order valence-electron chi connectivity index (χ2n) is 5.63. The quantitative estimate of drug-likeness (QED) is 0.939. The molecule has 0 atom stereocenters. The van der Waals surface area contributed by atoms with Crippen LogP contribution < -0.4 is 5.32 Å². The zero-order valence-corrected chi connectivity index (χ0v) is 13.2. The van der Waals surface area contributed by atoms with Crippen LogP contribution in [0.3, 0.4) is 0 Å². The standard InChI is InChI=1S/C16H17N3O2S/c1-11-12(18-15(21-11)13-5-4-8-22-13)9-14(20)19-16(10-17)6-2-3-7-16/h4-5,8H,2-3,6-7,9H2,1H3,(H,19,20). The van der Waals surface area contributed by atoms with Gasteiger partial charge in [-0.15, -0.1) is 11.3 Å². The van der Waals surface area contributed by atoms with E-state index in [1.165, 1.54) is 0 Å². The number of aryl methyl sites for hydroxylation is 1. The highest BCUT2D eigenvalue weighted by Crippen LogP contribution is 2.29. The molecule has 0 aliphatic heterocycles. The molecule has 22 heavy (non-hydrogen) atoms. The molecule has 5 nitrogen and oxygen atoms in total. The number of aromatic nitrogens is 1. The number of thiophene rings is 1. The van der Waals surface area contributed by atoms with Crippen molar-refractivity contribution in [3.8, 4) is 16.8 Å². The fourth-order valence-electron chi connectivity index (χ4n) is 2.80. The molecular weight excluding hydrogens is 298 g/mol. The van der Waals surface area contributed by atoms with Crippen molar-refractivity contribution in [2.75, 3.05) is 0 Å². The van der Waals surface area contributed by atoms with Crippen molar-refractivity contribution in [1.82, 2.24) is 10.3 Å². The fourth-order valence-corrected chi connectivity index (χ4v) is 3.45. The second kappa shape index (κ2) is 5.93. The van der Waals surface area contributed by atoms with Gasteiger partial charge in [0.1, 0.15) is 11.3 Å². The third-order valence-electron chi connectivity index (χ3n) is 4.00. The van der Waals surface area contributed by atoms with E-state index >= 15 is 0 Å². The Labute approximate surface area is 133 Å².